The zero-order valence-electron chi connectivity index (χ0n) is 10.7. The fourth-order valence-electron chi connectivity index (χ4n) is 2.02. The number of aromatic amines is 1. The van der Waals surface area contributed by atoms with Crippen molar-refractivity contribution in [2.24, 2.45) is 0 Å². The minimum atomic E-state index is -0.262. The van der Waals surface area contributed by atoms with Gasteiger partial charge < -0.3 is 9.72 Å². The molecule has 0 radical (unpaired) electrons. The largest absolute Gasteiger partial charge is 0.485 e. The van der Waals surface area contributed by atoms with Gasteiger partial charge in [-0.15, -0.1) is 0 Å². The fourth-order valence-corrected chi connectivity index (χ4v) is 2.02. The molecule has 1 aromatic heterocycles. The molecule has 3 rings (SSSR count). The number of aromatic nitrogens is 2. The summed E-state index contributed by atoms with van der Waals surface area (Å²) in [6, 6.07) is 14.1. The Hall–Kier alpha value is -2.62. The predicted octanol–water partition coefficient (Wildman–Crippen LogP) is 3.79. The molecule has 0 unspecified atom stereocenters. The number of hydrogen-bond acceptors (Lipinski definition) is 2. The number of ether oxygens (including phenoxy) is 1. The third-order valence-electron chi connectivity index (χ3n) is 2.97. The van der Waals surface area contributed by atoms with Crippen LogP contribution >= 0.6 is 0 Å². The number of imidazole rings is 1. The summed E-state index contributed by atoms with van der Waals surface area (Å²) in [5.41, 5.74) is 1.26. The summed E-state index contributed by atoms with van der Waals surface area (Å²) in [7, 11) is 0. The van der Waals surface area contributed by atoms with E-state index in [1.165, 1.54) is 6.07 Å². The Labute approximate surface area is 116 Å². The third-order valence-corrected chi connectivity index (χ3v) is 2.97. The molecule has 3 nitrogen and oxygen atoms in total. The van der Waals surface area contributed by atoms with Crippen molar-refractivity contribution in [3.8, 4) is 16.9 Å². The van der Waals surface area contributed by atoms with Crippen molar-refractivity contribution in [1.82, 2.24) is 9.97 Å². The molecule has 0 aliphatic heterocycles. The molecule has 0 aliphatic carbocycles. The standard InChI is InChI=1S/C16H13FN2O/c17-14-7-3-1-5-12(14)13-6-2-4-8-15(13)20-11-16-18-9-10-19-16/h1-10H,11H2,(H,18,19). The van der Waals surface area contributed by atoms with Gasteiger partial charge in [-0.2, -0.15) is 0 Å². The summed E-state index contributed by atoms with van der Waals surface area (Å²) in [6.45, 7) is 0.318. The summed E-state index contributed by atoms with van der Waals surface area (Å²) in [4.78, 5) is 7.06. The van der Waals surface area contributed by atoms with Gasteiger partial charge in [0.25, 0.3) is 0 Å². The zero-order valence-corrected chi connectivity index (χ0v) is 10.7. The van der Waals surface area contributed by atoms with Crippen LogP contribution in [0.3, 0.4) is 0 Å². The van der Waals surface area contributed by atoms with Crippen LogP contribution in [0.15, 0.2) is 60.9 Å². The molecule has 0 bridgehead atoms. The SMILES string of the molecule is Fc1ccccc1-c1ccccc1OCc1ncc[nH]1. The lowest BCUT2D eigenvalue weighted by atomic mass is 10.0. The van der Waals surface area contributed by atoms with Crippen LogP contribution in [0.4, 0.5) is 4.39 Å². The van der Waals surface area contributed by atoms with E-state index in [9.17, 15) is 4.39 Å². The van der Waals surface area contributed by atoms with Crippen LogP contribution in [0.2, 0.25) is 0 Å². The Morgan fingerprint density at radius 1 is 1.00 bits per heavy atom. The first-order chi connectivity index (χ1) is 9.84. The normalized spacial score (nSPS) is 10.4. The van der Waals surface area contributed by atoms with Gasteiger partial charge >= 0.3 is 0 Å². The van der Waals surface area contributed by atoms with Crippen molar-refractivity contribution in [3.05, 3.63) is 72.6 Å². The van der Waals surface area contributed by atoms with Gasteiger partial charge in [-0.05, 0) is 12.1 Å². The average molecular weight is 268 g/mol. The second-order valence-corrected chi connectivity index (χ2v) is 4.30. The smallest absolute Gasteiger partial charge is 0.146 e. The third kappa shape index (κ3) is 2.54. The number of H-pyrrole nitrogens is 1. The van der Waals surface area contributed by atoms with Crippen LogP contribution in [0, 0.1) is 5.82 Å². The molecule has 0 fully saturated rings. The minimum absolute atomic E-state index is 0.262. The molecular formula is C16H13FN2O. The average Bonchev–Trinajstić information content (AvgIpc) is 2.99. The van der Waals surface area contributed by atoms with E-state index in [0.717, 1.165) is 11.4 Å². The molecule has 1 N–H and O–H groups in total. The van der Waals surface area contributed by atoms with Crippen molar-refractivity contribution in [2.45, 2.75) is 6.61 Å². The highest BCUT2D eigenvalue weighted by molar-refractivity contribution is 5.70. The van der Waals surface area contributed by atoms with E-state index in [-0.39, 0.29) is 5.82 Å². The summed E-state index contributed by atoms with van der Waals surface area (Å²) in [5.74, 6) is 1.10. The van der Waals surface area contributed by atoms with Gasteiger partial charge in [0.05, 0.1) is 0 Å². The number of para-hydroxylation sites is 1. The highest BCUT2D eigenvalue weighted by Gasteiger charge is 2.10. The first-order valence-corrected chi connectivity index (χ1v) is 6.29. The quantitative estimate of drug-likeness (QED) is 0.781. The van der Waals surface area contributed by atoms with E-state index in [1.54, 1.807) is 24.5 Å². The van der Waals surface area contributed by atoms with E-state index in [4.69, 9.17) is 4.74 Å². The summed E-state index contributed by atoms with van der Waals surface area (Å²) >= 11 is 0. The number of benzene rings is 2. The second-order valence-electron chi connectivity index (χ2n) is 4.30. The molecule has 0 amide bonds. The minimum Gasteiger partial charge on any atom is -0.485 e. The first kappa shape index (κ1) is 12.4. The maximum atomic E-state index is 13.9. The van der Waals surface area contributed by atoms with Crippen molar-refractivity contribution < 1.29 is 9.13 Å². The van der Waals surface area contributed by atoms with E-state index >= 15 is 0 Å². The van der Waals surface area contributed by atoms with Gasteiger partial charge in [-0.25, -0.2) is 9.37 Å². The molecule has 3 aromatic rings. The molecule has 0 atom stereocenters. The van der Waals surface area contributed by atoms with Crippen LogP contribution in [0.5, 0.6) is 5.75 Å². The van der Waals surface area contributed by atoms with Crippen molar-refractivity contribution in [3.63, 3.8) is 0 Å². The zero-order chi connectivity index (χ0) is 13.8. The van der Waals surface area contributed by atoms with Gasteiger partial charge in [-0.1, -0.05) is 36.4 Å². The summed E-state index contributed by atoms with van der Waals surface area (Å²) in [6.07, 6.45) is 3.41. The lowest BCUT2D eigenvalue weighted by Crippen LogP contribution is -1.99. The molecule has 0 saturated heterocycles. The summed E-state index contributed by atoms with van der Waals surface area (Å²) < 4.78 is 19.6. The maximum Gasteiger partial charge on any atom is 0.146 e. The topological polar surface area (TPSA) is 37.9 Å². The van der Waals surface area contributed by atoms with Crippen LogP contribution in [-0.4, -0.2) is 9.97 Å². The molecule has 0 spiro atoms. The number of nitrogens with zero attached hydrogens (tertiary/aromatic N) is 1. The number of hydrogen-bond donors (Lipinski definition) is 1. The van der Waals surface area contributed by atoms with Crippen LogP contribution in [0.1, 0.15) is 5.82 Å². The maximum absolute atomic E-state index is 13.9. The van der Waals surface area contributed by atoms with Crippen LogP contribution < -0.4 is 4.74 Å². The highest BCUT2D eigenvalue weighted by atomic mass is 19.1. The predicted molar refractivity (Wildman–Crippen MR) is 74.8 cm³/mol. The molecule has 0 aliphatic rings. The second kappa shape index (κ2) is 5.57. The Bertz CT molecular complexity index is 695. The fraction of sp³-hybridized carbons (Fsp3) is 0.0625. The molecule has 1 heterocycles. The molecule has 100 valence electrons. The summed E-state index contributed by atoms with van der Waals surface area (Å²) in [5, 5.41) is 0. The van der Waals surface area contributed by atoms with Gasteiger partial charge in [0, 0.05) is 23.5 Å². The van der Waals surface area contributed by atoms with Crippen LogP contribution in [0.25, 0.3) is 11.1 Å². The number of halogens is 1. The van der Waals surface area contributed by atoms with Gasteiger partial charge in [-0.3, -0.25) is 0 Å². The number of nitrogens with one attached hydrogen (secondary N) is 1. The molecule has 2 aromatic carbocycles. The lowest BCUT2D eigenvalue weighted by Gasteiger charge is -2.11. The van der Waals surface area contributed by atoms with Gasteiger partial charge in [0.15, 0.2) is 0 Å². The lowest BCUT2D eigenvalue weighted by molar-refractivity contribution is 0.298. The van der Waals surface area contributed by atoms with Crippen molar-refractivity contribution >= 4 is 0 Å². The van der Waals surface area contributed by atoms with Gasteiger partial charge in [0.2, 0.25) is 0 Å². The van der Waals surface area contributed by atoms with Crippen LogP contribution in [-0.2, 0) is 6.61 Å². The van der Waals surface area contributed by atoms with E-state index in [2.05, 4.69) is 9.97 Å². The Morgan fingerprint density at radius 3 is 2.50 bits per heavy atom. The van der Waals surface area contributed by atoms with Crippen molar-refractivity contribution in [1.29, 1.82) is 0 Å². The molecular weight excluding hydrogens is 255 g/mol. The first-order valence-electron chi connectivity index (χ1n) is 6.29. The monoisotopic (exact) mass is 268 g/mol. The molecule has 0 saturated carbocycles. The molecule has 4 heteroatoms. The number of rotatable bonds is 4. The Morgan fingerprint density at radius 2 is 1.75 bits per heavy atom. The van der Waals surface area contributed by atoms with Crippen molar-refractivity contribution in [2.75, 3.05) is 0 Å². The highest BCUT2D eigenvalue weighted by Crippen LogP contribution is 2.31. The Kier molecular flexibility index (Phi) is 3.46. The Balaban J connectivity index is 1.90. The van der Waals surface area contributed by atoms with E-state index in [0.29, 0.717) is 17.9 Å². The van der Waals surface area contributed by atoms with Gasteiger partial charge in [0.1, 0.15) is 24.0 Å². The van der Waals surface area contributed by atoms with E-state index in [1.807, 2.05) is 30.3 Å². The van der Waals surface area contributed by atoms with E-state index < -0.39 is 0 Å². The molecule has 20 heavy (non-hydrogen) atoms.